The van der Waals surface area contributed by atoms with Gasteiger partial charge in [0.25, 0.3) is 0 Å². The van der Waals surface area contributed by atoms with E-state index in [9.17, 15) is 33.3 Å². The Morgan fingerprint density at radius 2 is 1.20 bits per heavy atom. The summed E-state index contributed by atoms with van der Waals surface area (Å²) in [5, 5.41) is 12.8. The molecule has 0 fully saturated rings. The summed E-state index contributed by atoms with van der Waals surface area (Å²) in [6, 6.07) is -3.72. The van der Waals surface area contributed by atoms with Crippen LogP contribution in [0.3, 0.4) is 0 Å². The van der Waals surface area contributed by atoms with Crippen LogP contribution in [0.5, 0.6) is 0 Å². The summed E-state index contributed by atoms with van der Waals surface area (Å²) in [7, 11) is -3.15. The Bertz CT molecular complexity index is 1030. The molecule has 0 spiro atoms. The average Bonchev–Trinajstić information content (AvgIpc) is 2.92. The zero-order chi connectivity index (χ0) is 34.0. The van der Waals surface area contributed by atoms with Crippen LogP contribution < -0.4 is 27.4 Å². The average molecular weight is 863 g/mol. The van der Waals surface area contributed by atoms with Crippen molar-refractivity contribution in [1.29, 1.82) is 0 Å². The van der Waals surface area contributed by atoms with E-state index in [1.165, 1.54) is 13.8 Å². The molecule has 0 aliphatic rings. The molecule has 250 valence electrons. The van der Waals surface area contributed by atoms with Gasteiger partial charge in [0.1, 0.15) is 0 Å². The van der Waals surface area contributed by atoms with Gasteiger partial charge in [-0.1, -0.05) is 0 Å². The molecule has 6 amide bonds. The van der Waals surface area contributed by atoms with Crippen molar-refractivity contribution < 1.29 is 88.3 Å². The van der Waals surface area contributed by atoms with Crippen LogP contribution in [0.25, 0.3) is 0 Å². The second-order valence-electron chi connectivity index (χ2n) is 11.1. The Balaban J connectivity index is 4.97. The van der Waals surface area contributed by atoms with Crippen molar-refractivity contribution in [3.8, 4) is 0 Å². The van der Waals surface area contributed by atoms with Gasteiger partial charge in [-0.2, -0.15) is 0 Å². The van der Waals surface area contributed by atoms with Crippen molar-refractivity contribution in [3.63, 3.8) is 0 Å². The SMILES string of the molecule is COP(=O)(O)OCCNC(=O)CCC(=O)N[C@H](C)C(=O)N[C@H](CC(C)C)C(=O)N[C@H](C)C(=O)N[C@H](CC(C)C)C(=O)[NH][Ra][CH3]. The molecule has 0 radical (unpaired) electrons. The Labute approximate surface area is 282 Å². The number of phosphoric ester groups is 1. The van der Waals surface area contributed by atoms with Gasteiger partial charge in [0.2, 0.25) is 11.8 Å². The Morgan fingerprint density at radius 3 is 1.68 bits per heavy atom. The minimum atomic E-state index is -4.15. The van der Waals surface area contributed by atoms with Crippen molar-refractivity contribution in [1.82, 2.24) is 27.4 Å². The third kappa shape index (κ3) is 19.0. The summed E-state index contributed by atoms with van der Waals surface area (Å²) in [4.78, 5) is 84.5. The molecule has 0 heterocycles. The standard InChI is InChI=1S/C25H47N6O10P.CH3.Ra/c1-14(2)12-18(22(26)34)30-24(36)17(6)29-25(37)19(13-15(3)4)31-23(35)16(5)28-21(33)9-8-20(32)27-10-11-41-42(38,39)40-7;;/h14-19H,8-13H2,1-7H3,(H8,26,27,28,29,30,31,32,33,34,35,36,37,38,39);1H3;/q;;+1/p-1/t16-,17-,18-,19-;;/m1../s1. The van der Waals surface area contributed by atoms with Crippen molar-refractivity contribution in [3.05, 3.63) is 0 Å². The van der Waals surface area contributed by atoms with Gasteiger partial charge in [-0.15, -0.1) is 0 Å². The molecule has 0 saturated carbocycles. The van der Waals surface area contributed by atoms with Gasteiger partial charge in [-0.3, -0.25) is 18.6 Å². The number of hydrogen-bond acceptors (Lipinski definition) is 9. The maximum absolute atomic E-state index is 13.1. The van der Waals surface area contributed by atoms with E-state index in [2.05, 4.69) is 36.5 Å². The fourth-order valence-electron chi connectivity index (χ4n) is 3.78. The molecule has 0 rings (SSSR count). The Morgan fingerprint density at radius 1 is 0.727 bits per heavy atom. The molecule has 0 saturated heterocycles. The van der Waals surface area contributed by atoms with Crippen molar-refractivity contribution >= 4 is 43.3 Å². The second-order valence-corrected chi connectivity index (χ2v) is 17.0. The molecule has 0 aromatic heterocycles. The fourth-order valence-corrected chi connectivity index (χ4v) is 6.65. The van der Waals surface area contributed by atoms with Gasteiger partial charge in [-0.25, -0.2) is 4.57 Å². The van der Waals surface area contributed by atoms with E-state index in [4.69, 9.17) is 4.89 Å². The number of hydrogen-bond donors (Lipinski definition) is 7. The Hall–Kier alpha value is -1.60. The van der Waals surface area contributed by atoms with E-state index >= 15 is 0 Å². The molecule has 0 bridgehead atoms. The first-order chi connectivity index (χ1) is 20.4. The van der Waals surface area contributed by atoms with Gasteiger partial charge in [-0.05, 0) is 6.92 Å². The molecule has 0 aromatic carbocycles. The molecule has 18 heteroatoms. The number of carbonyl (C=O) groups excluding carboxylic acids is 6. The van der Waals surface area contributed by atoms with Crippen molar-refractivity contribution in [2.24, 2.45) is 11.8 Å². The summed E-state index contributed by atoms with van der Waals surface area (Å²) in [6.07, 6.45) is 0.267. The number of rotatable bonds is 21. The van der Waals surface area contributed by atoms with Crippen LogP contribution in [0.15, 0.2) is 0 Å². The van der Waals surface area contributed by atoms with Crippen LogP contribution in [0, 0.1) is 52.8 Å². The quantitative estimate of drug-likeness (QED) is 0.0598. The van der Waals surface area contributed by atoms with Crippen LogP contribution >= 0.6 is 7.82 Å². The van der Waals surface area contributed by atoms with Crippen molar-refractivity contribution in [2.75, 3.05) is 20.3 Å². The Kier molecular flexibility index (Phi) is 21.2. The first-order valence-electron chi connectivity index (χ1n) is 14.7. The monoisotopic (exact) mass is 862 g/mol. The molecular weight excluding hydrogens is 813 g/mol. The van der Waals surface area contributed by atoms with Gasteiger partial charge in [0, 0.05) is 26.5 Å². The third-order valence-electron chi connectivity index (χ3n) is 6.04. The minimum absolute atomic E-state index is 0.00264. The van der Waals surface area contributed by atoms with Crippen molar-refractivity contribution in [2.45, 2.75) is 93.4 Å². The van der Waals surface area contributed by atoms with Gasteiger partial charge < -0.3 is 15.5 Å². The van der Waals surface area contributed by atoms with E-state index in [-0.39, 0.29) is 50.2 Å². The van der Waals surface area contributed by atoms with E-state index in [1.807, 2.05) is 29.7 Å². The van der Waals surface area contributed by atoms with Gasteiger partial charge in [0.05, 0.1) is 6.61 Å². The summed E-state index contributed by atoms with van der Waals surface area (Å²) in [5.41, 5.74) is 0. The second kappa shape index (κ2) is 22.0. The number of carbonyl (C=O) groups is 6. The molecule has 5 atom stereocenters. The summed E-state index contributed by atoms with van der Waals surface area (Å²) in [6.45, 7) is 10.2. The fraction of sp³-hybridized carbons (Fsp3) is 0.769. The summed E-state index contributed by atoms with van der Waals surface area (Å²) >= 11 is -1.54. The van der Waals surface area contributed by atoms with Crippen LogP contribution in [-0.4, -0.2) is 84.8 Å². The van der Waals surface area contributed by atoms with Gasteiger partial charge >= 0.3 is 194 Å². The zero-order valence-corrected chi connectivity index (χ0v) is 33.7. The molecule has 44 heavy (non-hydrogen) atoms. The zero-order valence-electron chi connectivity index (χ0n) is 27.0. The normalized spacial score (nSPS) is 15.1. The molecule has 0 aromatic rings. The molecule has 1 unspecified atom stereocenters. The maximum atomic E-state index is 13.1. The number of nitrogens with one attached hydrogen (secondary N) is 6. The van der Waals surface area contributed by atoms with E-state index in [0.29, 0.717) is 6.42 Å². The van der Waals surface area contributed by atoms with E-state index < -0.39 is 103 Å². The van der Waals surface area contributed by atoms with Crippen LogP contribution in [0.2, 0.25) is 1.96 Å². The summed E-state index contributed by atoms with van der Waals surface area (Å²) in [5.74, 6) is -2.90. The molecular formula is C26H49N6O10PRa. The molecule has 7 N–H and O–H groups in total. The van der Waals surface area contributed by atoms with Gasteiger partial charge in [0.15, 0.2) is 0 Å². The predicted molar refractivity (Wildman–Crippen MR) is 157 cm³/mol. The first kappa shape index (κ1) is 42.4. The number of amides is 6. The van der Waals surface area contributed by atoms with Crippen LogP contribution in [0.1, 0.15) is 67.2 Å². The first-order valence-corrected chi connectivity index (χ1v) is 24.9. The molecule has 0 aliphatic heterocycles. The third-order valence-corrected chi connectivity index (χ3v) is 9.90. The predicted octanol–water partition coefficient (Wildman–Crippen LogP) is -0.118. The van der Waals surface area contributed by atoms with E-state index in [0.717, 1.165) is 7.11 Å². The van der Waals surface area contributed by atoms with Crippen LogP contribution in [-0.2, 0) is 42.4 Å². The van der Waals surface area contributed by atoms with Crippen LogP contribution in [0.4, 0.5) is 0 Å². The molecule has 16 nitrogen and oxygen atoms in total. The van der Waals surface area contributed by atoms with E-state index in [1.54, 1.807) is 0 Å². The summed E-state index contributed by atoms with van der Waals surface area (Å²) < 4.78 is 24.9. The number of phosphoric acid groups is 1. The topological polar surface area (TPSA) is 230 Å². The molecule has 0 aliphatic carbocycles.